The number of benzene rings is 4. The molecule has 16 aliphatic rings. The molecule has 1 spiro atoms. The number of nitrogens with two attached hydrogens (primary N) is 2. The summed E-state index contributed by atoms with van der Waals surface area (Å²) >= 11 is 0. The summed E-state index contributed by atoms with van der Waals surface area (Å²) in [5, 5.41) is 12.1. The molecule has 16 fully saturated rings. The Balaban J connectivity index is 0.378. The molecule has 6 aliphatic heterocycles. The fraction of sp³-hybridized carbons (Fsp3) is 0.596. The molecule has 10 aliphatic carbocycles. The maximum absolute atomic E-state index is 13.9. The van der Waals surface area contributed by atoms with E-state index in [1.165, 1.54) is 129 Å². The van der Waals surface area contributed by atoms with Crippen molar-refractivity contribution in [2.24, 2.45) is 63.6 Å². The van der Waals surface area contributed by atoms with Crippen LogP contribution in [0.3, 0.4) is 0 Å². The van der Waals surface area contributed by atoms with Crippen molar-refractivity contribution in [2.75, 3.05) is 90.0 Å². The number of carbonyl (C=O) groups is 2. The van der Waals surface area contributed by atoms with Crippen LogP contribution in [0.15, 0.2) is 110 Å². The van der Waals surface area contributed by atoms with Crippen LogP contribution < -0.4 is 20.9 Å². The zero-order chi connectivity index (χ0) is 72.4. The van der Waals surface area contributed by atoms with Gasteiger partial charge in [0.2, 0.25) is 11.8 Å². The third-order valence-electron chi connectivity index (χ3n) is 31.3. The summed E-state index contributed by atoms with van der Waals surface area (Å²) < 4.78 is 17.1. The Labute approximate surface area is 640 Å². The first-order valence-electron chi connectivity index (χ1n) is 42.5. The number of hydrogen-bond acceptors (Lipinski definition) is 16. The van der Waals surface area contributed by atoms with E-state index in [2.05, 4.69) is 85.1 Å². The fourth-order valence-electron chi connectivity index (χ4n) is 26.5. The minimum atomic E-state index is 0.208. The van der Waals surface area contributed by atoms with Crippen LogP contribution in [-0.2, 0) is 9.59 Å². The normalized spacial score (nSPS) is 31.4. The molecule has 2 amide bonds. The SMILES string of the molecule is Nc1ncnc2c1c(-c1ccc(Oc3ccc(-c4ccc(Oc5ccc(-c6nn(C7CCN(C8CC9(CCN(C%10C[C@@H]%11CN(C(=O)CC%12%13CC%14CC(CC(C%14)C%12)C%13)C[C@@H]%11C%10)CC9)C8)CC7)c7ncnc(N)c67)cc5)cc4)cc3)cc1)nn2C1CCN(C2CN(C3CN(C(=O)CC45CC6CC(CC(C6)C4)C5)C3)C2)CC1. The lowest BCUT2D eigenvalue weighted by molar-refractivity contribution is -0.149. The number of ether oxygens (including phenoxy) is 2. The van der Waals surface area contributed by atoms with Crippen LogP contribution in [-0.4, -0.2) is 183 Å². The van der Waals surface area contributed by atoms with Gasteiger partial charge in [-0.15, -0.1) is 0 Å². The number of anilines is 2. The summed E-state index contributed by atoms with van der Waals surface area (Å²) in [6.45, 7) is 12.8. The molecule has 8 aromatic rings. The second-order valence-electron chi connectivity index (χ2n) is 38.1. The van der Waals surface area contributed by atoms with Crippen LogP contribution in [0.1, 0.15) is 166 Å². The summed E-state index contributed by atoms with van der Waals surface area (Å²) in [5.74, 6) is 11.6. The van der Waals surface area contributed by atoms with Crippen molar-refractivity contribution in [2.45, 2.75) is 190 Å². The zero-order valence-electron chi connectivity index (χ0n) is 63.5. The van der Waals surface area contributed by atoms with Crippen molar-refractivity contribution in [3.05, 3.63) is 110 Å². The van der Waals surface area contributed by atoms with Gasteiger partial charge in [0.25, 0.3) is 0 Å². The Morgan fingerprint density at radius 2 is 0.734 bits per heavy atom. The number of nitrogens with zero attached hydrogens (tertiary/aromatic N) is 14. The molecular formula is C89H108N16O4. The van der Waals surface area contributed by atoms with Gasteiger partial charge in [-0.1, -0.05) is 24.3 Å². The predicted octanol–water partition coefficient (Wildman–Crippen LogP) is 14.6. The molecule has 0 radical (unpaired) electrons. The number of amides is 2. The van der Waals surface area contributed by atoms with Crippen molar-refractivity contribution in [1.29, 1.82) is 0 Å². The standard InChI is InChI=1S/C89H108N16O4/c90-83-79-81(96-104(85(79)94-53-92-83)67-17-23-98(24-18-67)70-43-87(44-70)21-27-100(28-22-87)69-35-65-47-102(48-66(65)36-69)77(106)45-88-37-55-29-56(38-88)31-57(30-55)39-88)63-5-13-75(14-6-63)108-73-9-1-61(2-10-73)62-3-11-74(12-4-62)109-76-15-7-64(8-16-76)82-80-84(91)93-54-95-86(80)105(97-82)68-19-25-99(26-20-68)71-49-101(50-71)72-51-103(52-72)78(107)46-89-40-58-32-59(41-89)34-60(33-58)42-89/h1-16,53-60,65-72H,17-52H2,(H2,90,92,94)(H2,91,93,95)/t55?,56?,57?,58?,59?,60?,65-,66+,69?,88?,89?. The Kier molecular flexibility index (Phi) is 16.5. The molecule has 4 aromatic heterocycles. The van der Waals surface area contributed by atoms with E-state index in [1.54, 1.807) is 12.7 Å². The van der Waals surface area contributed by atoms with Gasteiger partial charge in [0.05, 0.1) is 22.9 Å². The molecule has 109 heavy (non-hydrogen) atoms. The molecular weight excluding hydrogens is 1360 g/mol. The molecule has 568 valence electrons. The van der Waals surface area contributed by atoms with Gasteiger partial charge in [-0.05, 0) is 302 Å². The number of rotatable bonds is 17. The van der Waals surface area contributed by atoms with E-state index in [0.717, 1.165) is 218 Å². The lowest BCUT2D eigenvalue weighted by Gasteiger charge is -2.58. The van der Waals surface area contributed by atoms with E-state index in [9.17, 15) is 9.59 Å². The van der Waals surface area contributed by atoms with E-state index in [-0.39, 0.29) is 12.1 Å². The number of fused-ring (bicyclic) bond motifs is 3. The van der Waals surface area contributed by atoms with Crippen LogP contribution in [0.25, 0.3) is 55.7 Å². The van der Waals surface area contributed by atoms with Gasteiger partial charge in [0.15, 0.2) is 11.3 Å². The van der Waals surface area contributed by atoms with Crippen molar-refractivity contribution >= 4 is 45.5 Å². The van der Waals surface area contributed by atoms with Gasteiger partial charge in [-0.25, -0.2) is 29.3 Å². The molecule has 20 nitrogen and oxygen atoms in total. The number of nitrogen functional groups attached to an aromatic ring is 2. The van der Waals surface area contributed by atoms with E-state index in [4.69, 9.17) is 41.1 Å². The zero-order valence-corrected chi connectivity index (χ0v) is 63.5. The molecule has 6 saturated heterocycles. The lowest BCUT2D eigenvalue weighted by Crippen LogP contribution is -2.70. The number of aromatic nitrogens is 8. The number of piperidine rings is 3. The maximum Gasteiger partial charge on any atom is 0.223 e. The molecule has 10 saturated carbocycles. The third-order valence-corrected chi connectivity index (χ3v) is 31.3. The summed E-state index contributed by atoms with van der Waals surface area (Å²) in [5.41, 5.74) is 21.6. The number of carbonyl (C=O) groups excluding carboxylic acids is 2. The Morgan fingerprint density at radius 1 is 0.376 bits per heavy atom. The van der Waals surface area contributed by atoms with Gasteiger partial charge < -0.3 is 40.5 Å². The van der Waals surface area contributed by atoms with Crippen LogP contribution in [0.2, 0.25) is 0 Å². The average Bonchev–Trinajstić information content (AvgIpc) is 1.36. The molecule has 4 N–H and O–H groups in total. The Bertz CT molecular complexity index is 4660. The second kappa shape index (κ2) is 26.6. The van der Waals surface area contributed by atoms with Crippen LogP contribution >= 0.6 is 0 Å². The molecule has 8 bridgehead atoms. The minimum Gasteiger partial charge on any atom is -0.457 e. The largest absolute Gasteiger partial charge is 0.457 e. The highest BCUT2D eigenvalue weighted by atomic mass is 16.5. The summed E-state index contributed by atoms with van der Waals surface area (Å²) in [6, 6.07) is 35.4. The lowest BCUT2D eigenvalue weighted by atomic mass is 9.49. The monoisotopic (exact) mass is 1460 g/mol. The van der Waals surface area contributed by atoms with Crippen LogP contribution in [0.4, 0.5) is 11.6 Å². The first-order valence-corrected chi connectivity index (χ1v) is 42.5. The fourth-order valence-corrected chi connectivity index (χ4v) is 26.5. The number of likely N-dealkylation sites (tertiary alicyclic amines) is 6. The number of hydrogen-bond donors (Lipinski definition) is 2. The van der Waals surface area contributed by atoms with E-state index in [1.807, 2.05) is 60.7 Å². The van der Waals surface area contributed by atoms with Gasteiger partial charge in [-0.2, -0.15) is 10.2 Å². The first-order chi connectivity index (χ1) is 53.2. The summed E-state index contributed by atoms with van der Waals surface area (Å²) in [4.78, 5) is 61.4. The summed E-state index contributed by atoms with van der Waals surface area (Å²) in [7, 11) is 0. The molecule has 3 atom stereocenters. The van der Waals surface area contributed by atoms with Crippen LogP contribution in [0.5, 0.6) is 23.0 Å². The van der Waals surface area contributed by atoms with Crippen LogP contribution in [0, 0.1) is 63.6 Å². The molecule has 10 heterocycles. The Hall–Kier alpha value is -8.04. The molecule has 24 rings (SSSR count). The molecule has 4 aromatic carbocycles. The predicted molar refractivity (Wildman–Crippen MR) is 421 cm³/mol. The topological polar surface area (TPSA) is 211 Å². The quantitative estimate of drug-likeness (QED) is 0.0868. The van der Waals surface area contributed by atoms with E-state index < -0.39 is 0 Å². The third kappa shape index (κ3) is 12.4. The van der Waals surface area contributed by atoms with Crippen molar-refractivity contribution in [1.82, 2.24) is 68.9 Å². The molecule has 20 heteroatoms. The van der Waals surface area contributed by atoms with Crippen molar-refractivity contribution in [3.8, 4) is 56.6 Å². The summed E-state index contributed by atoms with van der Waals surface area (Å²) in [6.07, 6.45) is 33.4. The van der Waals surface area contributed by atoms with Gasteiger partial charge in [0.1, 0.15) is 58.7 Å². The van der Waals surface area contributed by atoms with Gasteiger partial charge >= 0.3 is 0 Å². The molecule has 1 unspecified atom stereocenters. The van der Waals surface area contributed by atoms with Gasteiger partial charge in [-0.3, -0.25) is 19.4 Å². The van der Waals surface area contributed by atoms with Gasteiger partial charge in [0, 0.05) is 114 Å². The van der Waals surface area contributed by atoms with Crippen molar-refractivity contribution < 1.29 is 19.1 Å². The Morgan fingerprint density at radius 3 is 1.14 bits per heavy atom. The maximum atomic E-state index is 13.9. The highest BCUT2D eigenvalue weighted by Gasteiger charge is 2.56. The minimum absolute atomic E-state index is 0.208. The second-order valence-corrected chi connectivity index (χ2v) is 38.1. The smallest absolute Gasteiger partial charge is 0.223 e. The van der Waals surface area contributed by atoms with Crippen molar-refractivity contribution in [3.63, 3.8) is 0 Å². The highest BCUT2D eigenvalue weighted by molar-refractivity contribution is 5.99. The highest BCUT2D eigenvalue weighted by Crippen LogP contribution is 2.64. The first kappa shape index (κ1) is 67.8. The average molecular weight is 1470 g/mol. The van der Waals surface area contributed by atoms with E-state index >= 15 is 0 Å². The van der Waals surface area contributed by atoms with E-state index in [0.29, 0.717) is 75.7 Å².